The molecule has 1 heterocycles. The second-order valence-electron chi connectivity index (χ2n) is 5.65. The number of fused-ring (bicyclic) bond motifs is 1. The molecule has 4 nitrogen and oxygen atoms in total. The molecule has 0 radical (unpaired) electrons. The van der Waals surface area contributed by atoms with E-state index in [-0.39, 0.29) is 11.9 Å². The SMILES string of the molecule is COC(C)(C)CC(=O)NC1CNc2ccccc2C1. The Kier molecular flexibility index (Phi) is 4.10. The van der Waals surface area contributed by atoms with Gasteiger partial charge in [0.25, 0.3) is 0 Å². The van der Waals surface area contributed by atoms with E-state index < -0.39 is 5.60 Å². The summed E-state index contributed by atoms with van der Waals surface area (Å²) >= 11 is 0. The van der Waals surface area contributed by atoms with Crippen molar-refractivity contribution in [1.82, 2.24) is 5.32 Å². The number of nitrogens with one attached hydrogen (secondary N) is 2. The van der Waals surface area contributed by atoms with Gasteiger partial charge in [-0.15, -0.1) is 0 Å². The van der Waals surface area contributed by atoms with Gasteiger partial charge in [-0.25, -0.2) is 0 Å². The van der Waals surface area contributed by atoms with Crippen LogP contribution in [0, 0.1) is 0 Å². The quantitative estimate of drug-likeness (QED) is 0.872. The van der Waals surface area contributed by atoms with Gasteiger partial charge in [-0.1, -0.05) is 18.2 Å². The Morgan fingerprint density at radius 3 is 2.95 bits per heavy atom. The average molecular weight is 262 g/mol. The third kappa shape index (κ3) is 3.70. The maximum atomic E-state index is 12.0. The fourth-order valence-electron chi connectivity index (χ4n) is 2.28. The van der Waals surface area contributed by atoms with Crippen LogP contribution in [0.25, 0.3) is 0 Å². The zero-order valence-corrected chi connectivity index (χ0v) is 11.8. The molecule has 1 atom stereocenters. The highest BCUT2D eigenvalue weighted by atomic mass is 16.5. The first kappa shape index (κ1) is 13.9. The molecular formula is C15H22N2O2. The van der Waals surface area contributed by atoms with Gasteiger partial charge in [0.15, 0.2) is 0 Å². The molecule has 0 saturated heterocycles. The van der Waals surface area contributed by atoms with Crippen molar-refractivity contribution in [3.05, 3.63) is 29.8 Å². The van der Waals surface area contributed by atoms with Crippen LogP contribution < -0.4 is 10.6 Å². The number of hydrogen-bond acceptors (Lipinski definition) is 3. The summed E-state index contributed by atoms with van der Waals surface area (Å²) < 4.78 is 5.28. The third-order valence-electron chi connectivity index (χ3n) is 3.53. The second-order valence-corrected chi connectivity index (χ2v) is 5.65. The molecule has 0 bridgehead atoms. The molecule has 0 saturated carbocycles. The molecule has 19 heavy (non-hydrogen) atoms. The number of rotatable bonds is 4. The molecule has 1 aromatic carbocycles. The van der Waals surface area contributed by atoms with Gasteiger partial charge >= 0.3 is 0 Å². The van der Waals surface area contributed by atoms with Crippen molar-refractivity contribution in [2.75, 3.05) is 19.0 Å². The van der Waals surface area contributed by atoms with Gasteiger partial charge < -0.3 is 15.4 Å². The zero-order valence-electron chi connectivity index (χ0n) is 11.8. The van der Waals surface area contributed by atoms with Crippen LogP contribution in [0.2, 0.25) is 0 Å². The van der Waals surface area contributed by atoms with Crippen LogP contribution in [0.5, 0.6) is 0 Å². The maximum absolute atomic E-state index is 12.0. The summed E-state index contributed by atoms with van der Waals surface area (Å²) in [6, 6.07) is 8.36. The minimum atomic E-state index is -0.413. The van der Waals surface area contributed by atoms with Gasteiger partial charge in [-0.05, 0) is 31.9 Å². The van der Waals surface area contributed by atoms with Gasteiger partial charge in [0.05, 0.1) is 18.1 Å². The fourth-order valence-corrected chi connectivity index (χ4v) is 2.28. The van der Waals surface area contributed by atoms with Crippen LogP contribution in [0.3, 0.4) is 0 Å². The summed E-state index contributed by atoms with van der Waals surface area (Å²) in [7, 11) is 1.63. The van der Waals surface area contributed by atoms with Crippen molar-refractivity contribution < 1.29 is 9.53 Å². The standard InChI is InChI=1S/C15H22N2O2/c1-15(2,19-3)9-14(18)17-12-8-11-6-4-5-7-13(11)16-10-12/h4-7,12,16H,8-10H2,1-3H3,(H,17,18). The number of carbonyl (C=O) groups excluding carboxylic acids is 1. The minimum absolute atomic E-state index is 0.0398. The Hall–Kier alpha value is -1.55. The fraction of sp³-hybridized carbons (Fsp3) is 0.533. The summed E-state index contributed by atoms with van der Waals surface area (Å²) in [4.78, 5) is 12.0. The molecule has 2 rings (SSSR count). The highest BCUT2D eigenvalue weighted by molar-refractivity contribution is 5.77. The molecular weight excluding hydrogens is 240 g/mol. The van der Waals surface area contributed by atoms with Crippen molar-refractivity contribution in [1.29, 1.82) is 0 Å². The lowest BCUT2D eigenvalue weighted by atomic mass is 9.98. The number of benzene rings is 1. The van der Waals surface area contributed by atoms with Gasteiger partial charge in [0.1, 0.15) is 0 Å². The van der Waals surface area contributed by atoms with Crippen molar-refractivity contribution in [2.45, 2.75) is 38.3 Å². The molecule has 1 unspecified atom stereocenters. The van der Waals surface area contributed by atoms with Crippen LogP contribution in [0.15, 0.2) is 24.3 Å². The molecule has 0 spiro atoms. The van der Waals surface area contributed by atoms with Gasteiger partial charge in [0.2, 0.25) is 5.91 Å². The van der Waals surface area contributed by atoms with Crippen LogP contribution >= 0.6 is 0 Å². The van der Waals surface area contributed by atoms with E-state index in [0.29, 0.717) is 6.42 Å². The average Bonchev–Trinajstić information content (AvgIpc) is 2.38. The van der Waals surface area contributed by atoms with Crippen LogP contribution in [-0.4, -0.2) is 31.2 Å². The van der Waals surface area contributed by atoms with Crippen molar-refractivity contribution in [3.63, 3.8) is 0 Å². The summed E-state index contributed by atoms with van der Waals surface area (Å²) in [5.41, 5.74) is 2.01. The number of methoxy groups -OCH3 is 1. The monoisotopic (exact) mass is 262 g/mol. The smallest absolute Gasteiger partial charge is 0.223 e. The van der Waals surface area contributed by atoms with E-state index in [9.17, 15) is 4.79 Å². The first-order valence-corrected chi connectivity index (χ1v) is 6.66. The van der Waals surface area contributed by atoms with Crippen molar-refractivity contribution >= 4 is 11.6 Å². The van der Waals surface area contributed by atoms with Crippen LogP contribution in [-0.2, 0) is 16.0 Å². The largest absolute Gasteiger partial charge is 0.383 e. The molecule has 104 valence electrons. The number of ether oxygens (including phenoxy) is 1. The summed E-state index contributed by atoms with van der Waals surface area (Å²) in [6.07, 6.45) is 1.25. The number of hydrogen-bond donors (Lipinski definition) is 2. The Balaban J connectivity index is 1.90. The second kappa shape index (κ2) is 5.61. The molecule has 0 aliphatic carbocycles. The Morgan fingerprint density at radius 2 is 2.21 bits per heavy atom. The summed E-state index contributed by atoms with van der Waals surface area (Å²) in [5.74, 6) is 0.0398. The molecule has 2 N–H and O–H groups in total. The predicted molar refractivity (Wildman–Crippen MR) is 76.3 cm³/mol. The molecule has 0 fully saturated rings. The first-order valence-electron chi connectivity index (χ1n) is 6.66. The third-order valence-corrected chi connectivity index (χ3v) is 3.53. The molecule has 1 aliphatic heterocycles. The lowest BCUT2D eigenvalue weighted by molar-refractivity contribution is -0.126. The van der Waals surface area contributed by atoms with E-state index in [1.54, 1.807) is 7.11 Å². The van der Waals surface area contributed by atoms with Crippen LogP contribution in [0.4, 0.5) is 5.69 Å². The Labute approximate surface area is 114 Å². The van der Waals surface area contributed by atoms with E-state index in [1.807, 2.05) is 26.0 Å². The number of para-hydroxylation sites is 1. The Bertz CT molecular complexity index is 457. The minimum Gasteiger partial charge on any atom is -0.383 e. The Morgan fingerprint density at radius 1 is 1.47 bits per heavy atom. The lowest BCUT2D eigenvalue weighted by Gasteiger charge is -2.28. The summed E-state index contributed by atoms with van der Waals surface area (Å²) in [6.45, 7) is 4.61. The predicted octanol–water partition coefficient (Wildman–Crippen LogP) is 1.95. The first-order chi connectivity index (χ1) is 9.00. The van der Waals surface area contributed by atoms with E-state index in [4.69, 9.17) is 4.74 Å². The lowest BCUT2D eigenvalue weighted by Crippen LogP contribution is -2.45. The maximum Gasteiger partial charge on any atom is 0.223 e. The van der Waals surface area contributed by atoms with Crippen molar-refractivity contribution in [3.8, 4) is 0 Å². The number of anilines is 1. The van der Waals surface area contributed by atoms with Gasteiger partial charge in [-0.2, -0.15) is 0 Å². The molecule has 0 aromatic heterocycles. The normalized spacial score (nSPS) is 18.4. The topological polar surface area (TPSA) is 50.4 Å². The molecule has 1 aliphatic rings. The van der Waals surface area contributed by atoms with E-state index >= 15 is 0 Å². The van der Waals surface area contributed by atoms with Crippen LogP contribution in [0.1, 0.15) is 25.8 Å². The highest BCUT2D eigenvalue weighted by Gasteiger charge is 2.24. The van der Waals surface area contributed by atoms with Gasteiger partial charge in [0, 0.05) is 19.3 Å². The van der Waals surface area contributed by atoms with E-state index in [2.05, 4.69) is 22.8 Å². The molecule has 4 heteroatoms. The molecule has 1 amide bonds. The summed E-state index contributed by atoms with van der Waals surface area (Å²) in [5, 5.41) is 6.42. The van der Waals surface area contributed by atoms with E-state index in [0.717, 1.165) is 13.0 Å². The van der Waals surface area contributed by atoms with Gasteiger partial charge in [-0.3, -0.25) is 4.79 Å². The highest BCUT2D eigenvalue weighted by Crippen LogP contribution is 2.21. The number of amides is 1. The zero-order chi connectivity index (χ0) is 13.9. The molecule has 1 aromatic rings. The number of carbonyl (C=O) groups is 1. The van der Waals surface area contributed by atoms with E-state index in [1.165, 1.54) is 11.3 Å². The van der Waals surface area contributed by atoms with Crippen molar-refractivity contribution in [2.24, 2.45) is 0 Å².